The molecule has 3 unspecified atom stereocenters. The van der Waals surface area contributed by atoms with Crippen molar-refractivity contribution in [2.45, 2.75) is 57.1 Å². The topological polar surface area (TPSA) is 64.1 Å². The van der Waals surface area contributed by atoms with Gasteiger partial charge in [0.25, 0.3) is 0 Å². The Kier molecular flexibility index (Phi) is 8.05. The lowest BCUT2D eigenvalue weighted by Gasteiger charge is -2.63. The minimum Gasteiger partial charge on any atom is -0.381 e. The van der Waals surface area contributed by atoms with Gasteiger partial charge in [0.15, 0.2) is 5.96 Å². The zero-order valence-corrected chi connectivity index (χ0v) is 18.9. The maximum atomic E-state index is 6.01. The molecule has 7 heteroatoms. The molecular weight excluding hydrogens is 457 g/mol. The number of fused-ring (bicyclic) bond motifs is 2. The van der Waals surface area contributed by atoms with Crippen molar-refractivity contribution in [3.63, 3.8) is 0 Å². The molecule has 3 atom stereocenters. The summed E-state index contributed by atoms with van der Waals surface area (Å²) >= 11 is 0. The van der Waals surface area contributed by atoms with E-state index in [4.69, 9.17) is 14.2 Å². The highest BCUT2D eigenvalue weighted by Gasteiger charge is 2.66. The van der Waals surface area contributed by atoms with Gasteiger partial charge in [-0.1, -0.05) is 6.42 Å². The van der Waals surface area contributed by atoms with Crippen molar-refractivity contribution >= 4 is 29.9 Å². The van der Waals surface area contributed by atoms with E-state index in [1.807, 2.05) is 7.05 Å². The molecule has 2 N–H and O–H groups in total. The Hall–Kier alpha value is -0.120. The molecule has 4 rings (SSSR count). The zero-order valence-electron chi connectivity index (χ0n) is 16.6. The first-order valence-electron chi connectivity index (χ1n) is 10.6. The van der Waals surface area contributed by atoms with Gasteiger partial charge in [0, 0.05) is 64.0 Å². The van der Waals surface area contributed by atoms with E-state index in [-0.39, 0.29) is 24.0 Å². The summed E-state index contributed by atoms with van der Waals surface area (Å²) in [6.45, 7) is 5.32. The fourth-order valence-corrected chi connectivity index (χ4v) is 5.34. The highest BCUT2D eigenvalue weighted by Crippen LogP contribution is 2.62. The van der Waals surface area contributed by atoms with Gasteiger partial charge in [0.05, 0.1) is 6.10 Å². The SMILES string of the molecule is CN=C(NCCCOCC1CCOCC1)NC1C2CCOC2C12CCC2.I. The first kappa shape index (κ1) is 21.6. The Morgan fingerprint density at radius 3 is 2.70 bits per heavy atom. The zero-order chi connectivity index (χ0) is 17.8. The third kappa shape index (κ3) is 4.56. The average molecular weight is 493 g/mol. The van der Waals surface area contributed by atoms with Crippen LogP contribution in [0.3, 0.4) is 0 Å². The van der Waals surface area contributed by atoms with Crippen LogP contribution in [0.25, 0.3) is 0 Å². The van der Waals surface area contributed by atoms with Gasteiger partial charge in [-0.05, 0) is 44.4 Å². The molecule has 2 saturated heterocycles. The van der Waals surface area contributed by atoms with E-state index >= 15 is 0 Å². The lowest BCUT2D eigenvalue weighted by molar-refractivity contribution is -0.171. The summed E-state index contributed by atoms with van der Waals surface area (Å²) < 4.78 is 17.2. The summed E-state index contributed by atoms with van der Waals surface area (Å²) in [4.78, 5) is 4.44. The molecule has 1 spiro atoms. The highest BCUT2D eigenvalue weighted by atomic mass is 127. The van der Waals surface area contributed by atoms with Crippen LogP contribution in [0.5, 0.6) is 0 Å². The van der Waals surface area contributed by atoms with Crippen molar-refractivity contribution in [1.29, 1.82) is 0 Å². The molecule has 2 aliphatic carbocycles. The molecule has 2 aliphatic heterocycles. The molecule has 0 bridgehead atoms. The van der Waals surface area contributed by atoms with Gasteiger partial charge in [0.2, 0.25) is 0 Å². The molecule has 27 heavy (non-hydrogen) atoms. The number of ether oxygens (including phenoxy) is 3. The number of hydrogen-bond acceptors (Lipinski definition) is 4. The van der Waals surface area contributed by atoms with E-state index in [2.05, 4.69) is 15.6 Å². The van der Waals surface area contributed by atoms with Crippen molar-refractivity contribution in [2.24, 2.45) is 22.2 Å². The molecule has 4 aliphatic rings. The normalized spacial score (nSPS) is 32.2. The molecule has 6 nitrogen and oxygen atoms in total. The number of aliphatic imine (C=N–C) groups is 1. The van der Waals surface area contributed by atoms with Crippen molar-refractivity contribution in [2.75, 3.05) is 46.6 Å². The summed E-state index contributed by atoms with van der Waals surface area (Å²) in [5.74, 6) is 2.30. The third-order valence-corrected chi connectivity index (χ3v) is 7.00. The van der Waals surface area contributed by atoms with Crippen LogP contribution in [0.4, 0.5) is 0 Å². The van der Waals surface area contributed by atoms with E-state index in [9.17, 15) is 0 Å². The molecule has 0 aromatic carbocycles. The van der Waals surface area contributed by atoms with Crippen LogP contribution < -0.4 is 10.6 Å². The second kappa shape index (κ2) is 10.1. The fraction of sp³-hybridized carbons (Fsp3) is 0.950. The van der Waals surface area contributed by atoms with Crippen LogP contribution in [0.2, 0.25) is 0 Å². The Balaban J connectivity index is 0.00000210. The molecule has 4 fully saturated rings. The van der Waals surface area contributed by atoms with E-state index in [1.165, 1.54) is 25.7 Å². The first-order chi connectivity index (χ1) is 12.8. The number of halogens is 1. The Morgan fingerprint density at radius 2 is 2.00 bits per heavy atom. The van der Waals surface area contributed by atoms with Crippen molar-refractivity contribution in [3.8, 4) is 0 Å². The molecule has 0 aromatic heterocycles. The van der Waals surface area contributed by atoms with Crippen LogP contribution in [0, 0.1) is 17.3 Å². The number of nitrogens with one attached hydrogen (secondary N) is 2. The maximum Gasteiger partial charge on any atom is 0.191 e. The van der Waals surface area contributed by atoms with Crippen molar-refractivity contribution < 1.29 is 14.2 Å². The third-order valence-electron chi connectivity index (χ3n) is 7.00. The van der Waals surface area contributed by atoms with E-state index in [0.29, 0.717) is 29.4 Å². The van der Waals surface area contributed by atoms with E-state index in [1.54, 1.807) is 0 Å². The van der Waals surface area contributed by atoms with Crippen LogP contribution >= 0.6 is 24.0 Å². The van der Waals surface area contributed by atoms with Crippen LogP contribution in [0.15, 0.2) is 4.99 Å². The second-order valence-corrected chi connectivity index (χ2v) is 8.44. The Labute approximate surface area is 180 Å². The summed E-state index contributed by atoms with van der Waals surface area (Å²) in [7, 11) is 1.87. The summed E-state index contributed by atoms with van der Waals surface area (Å²) in [6.07, 6.45) is 8.96. The minimum atomic E-state index is 0. The number of nitrogens with zero attached hydrogens (tertiary/aromatic N) is 1. The monoisotopic (exact) mass is 493 g/mol. The molecule has 0 aromatic rings. The summed E-state index contributed by atoms with van der Waals surface area (Å²) in [5, 5.41) is 7.19. The van der Waals surface area contributed by atoms with Crippen LogP contribution in [-0.4, -0.2) is 64.7 Å². The summed E-state index contributed by atoms with van der Waals surface area (Å²) in [5.41, 5.74) is 0.394. The maximum absolute atomic E-state index is 6.01. The largest absolute Gasteiger partial charge is 0.381 e. The molecule has 0 amide bonds. The van der Waals surface area contributed by atoms with Gasteiger partial charge in [-0.15, -0.1) is 24.0 Å². The van der Waals surface area contributed by atoms with Gasteiger partial charge in [-0.25, -0.2) is 0 Å². The van der Waals surface area contributed by atoms with E-state index < -0.39 is 0 Å². The quantitative estimate of drug-likeness (QED) is 0.247. The fourth-order valence-electron chi connectivity index (χ4n) is 5.34. The van der Waals surface area contributed by atoms with Gasteiger partial charge < -0.3 is 24.8 Å². The smallest absolute Gasteiger partial charge is 0.191 e. The molecule has 0 radical (unpaired) electrons. The number of guanidine groups is 1. The van der Waals surface area contributed by atoms with E-state index in [0.717, 1.165) is 64.8 Å². The van der Waals surface area contributed by atoms with Crippen LogP contribution in [0.1, 0.15) is 44.9 Å². The van der Waals surface area contributed by atoms with Crippen molar-refractivity contribution in [3.05, 3.63) is 0 Å². The molecule has 156 valence electrons. The molecular formula is C20H36IN3O3. The molecule has 2 heterocycles. The lowest BCUT2D eigenvalue weighted by Crippen LogP contribution is -2.72. The van der Waals surface area contributed by atoms with Gasteiger partial charge in [-0.2, -0.15) is 0 Å². The van der Waals surface area contributed by atoms with Gasteiger partial charge in [0.1, 0.15) is 0 Å². The minimum absolute atomic E-state index is 0. The van der Waals surface area contributed by atoms with Crippen LogP contribution in [-0.2, 0) is 14.2 Å². The first-order valence-corrected chi connectivity index (χ1v) is 10.6. The lowest BCUT2D eigenvalue weighted by atomic mass is 9.46. The predicted molar refractivity (Wildman–Crippen MR) is 117 cm³/mol. The standard InChI is InChI=1S/C20H35N3O3.HI/c1-21-19(22-9-3-10-25-14-15-4-11-24-12-5-15)23-17-16-6-13-26-18(16)20(17)7-2-8-20;/h15-18H,2-14H2,1H3,(H2,21,22,23);1H. The Morgan fingerprint density at radius 1 is 1.19 bits per heavy atom. The number of rotatable bonds is 7. The van der Waals surface area contributed by atoms with Crippen molar-refractivity contribution in [1.82, 2.24) is 10.6 Å². The predicted octanol–water partition coefficient (Wildman–Crippen LogP) is 2.56. The van der Waals surface area contributed by atoms with Gasteiger partial charge in [-0.3, -0.25) is 4.99 Å². The molecule has 2 saturated carbocycles. The van der Waals surface area contributed by atoms with Gasteiger partial charge >= 0.3 is 0 Å². The average Bonchev–Trinajstić information content (AvgIpc) is 3.05. The Bertz CT molecular complexity index is 495. The highest BCUT2D eigenvalue weighted by molar-refractivity contribution is 14.0. The second-order valence-electron chi connectivity index (χ2n) is 8.44. The summed E-state index contributed by atoms with van der Waals surface area (Å²) in [6, 6.07) is 0.541. The number of hydrogen-bond donors (Lipinski definition) is 2.